The van der Waals surface area contributed by atoms with E-state index in [1.54, 1.807) is 0 Å². The minimum absolute atomic E-state index is 0.0388. The maximum absolute atomic E-state index is 10.5. The van der Waals surface area contributed by atoms with Crippen molar-refractivity contribution >= 4 is 23.2 Å². The number of hydrogen-bond acceptors (Lipinski definition) is 3. The molecule has 0 bridgehead atoms. The van der Waals surface area contributed by atoms with Gasteiger partial charge in [0.05, 0.1) is 12.7 Å². The number of hydrogen-bond donors (Lipinski definition) is 2. The highest BCUT2D eigenvalue weighted by atomic mass is 32.1. The summed E-state index contributed by atoms with van der Waals surface area (Å²) in [5.41, 5.74) is 4.44. The van der Waals surface area contributed by atoms with Crippen molar-refractivity contribution in [1.29, 1.82) is 0 Å². The van der Waals surface area contributed by atoms with Gasteiger partial charge in [-0.15, -0.1) is 0 Å². The van der Waals surface area contributed by atoms with Gasteiger partial charge in [-0.2, -0.15) is 0 Å². The molecular weight excluding hydrogens is 316 g/mol. The molecule has 3 heteroatoms. The van der Waals surface area contributed by atoms with E-state index in [0.717, 1.165) is 22.4 Å². The van der Waals surface area contributed by atoms with Crippen molar-refractivity contribution in [2.45, 2.75) is 37.9 Å². The van der Waals surface area contributed by atoms with Gasteiger partial charge >= 0.3 is 0 Å². The summed E-state index contributed by atoms with van der Waals surface area (Å²) in [6.07, 6.45) is 5.69. The van der Waals surface area contributed by atoms with Crippen LogP contribution >= 0.6 is 12.2 Å². The molecule has 2 aromatic rings. The molecule has 2 unspecified atom stereocenters. The van der Waals surface area contributed by atoms with E-state index < -0.39 is 6.10 Å². The monoisotopic (exact) mass is 338 g/mol. The summed E-state index contributed by atoms with van der Waals surface area (Å²) < 4.78 is 0. The second-order valence-corrected chi connectivity index (χ2v) is 6.74. The Labute approximate surface area is 148 Å². The van der Waals surface area contributed by atoms with Gasteiger partial charge in [-0.05, 0) is 47.6 Å². The van der Waals surface area contributed by atoms with E-state index in [1.807, 2.05) is 42.5 Å². The molecule has 0 saturated heterocycles. The standard InChI is InChI=1S/C21H22O2S/c22-14-17-7-2-1-5-15(17)9-11-18(23)13-20-19-8-4-3-6-16(19)10-12-21(20)24/h1-8,10,12,18,20,22-23H,9,11,13-14H2. The fourth-order valence-electron chi connectivity index (χ4n) is 3.33. The predicted octanol–water partition coefficient (Wildman–Crippen LogP) is 4.04. The van der Waals surface area contributed by atoms with Crippen LogP contribution in [0.5, 0.6) is 0 Å². The molecule has 124 valence electrons. The fourth-order valence-corrected chi connectivity index (χ4v) is 3.62. The molecule has 2 nitrogen and oxygen atoms in total. The van der Waals surface area contributed by atoms with Crippen molar-refractivity contribution in [3.63, 3.8) is 0 Å². The summed E-state index contributed by atoms with van der Waals surface area (Å²) in [5, 5.41) is 19.9. The van der Waals surface area contributed by atoms with Crippen molar-refractivity contribution in [3.05, 3.63) is 76.9 Å². The van der Waals surface area contributed by atoms with Crippen LogP contribution in [0.2, 0.25) is 0 Å². The highest BCUT2D eigenvalue weighted by Crippen LogP contribution is 2.32. The quantitative estimate of drug-likeness (QED) is 0.781. The Morgan fingerprint density at radius 3 is 2.46 bits per heavy atom. The molecule has 0 fully saturated rings. The normalized spacial score (nSPS) is 17.6. The Morgan fingerprint density at radius 2 is 1.67 bits per heavy atom. The van der Waals surface area contributed by atoms with Crippen LogP contribution in [0.3, 0.4) is 0 Å². The first-order valence-corrected chi connectivity index (χ1v) is 8.76. The predicted molar refractivity (Wildman–Crippen MR) is 102 cm³/mol. The van der Waals surface area contributed by atoms with Crippen molar-refractivity contribution in [1.82, 2.24) is 0 Å². The summed E-state index contributed by atoms with van der Waals surface area (Å²) in [5.74, 6) is 0.101. The van der Waals surface area contributed by atoms with Crippen molar-refractivity contribution in [2.24, 2.45) is 0 Å². The van der Waals surface area contributed by atoms with Crippen LogP contribution in [-0.2, 0) is 13.0 Å². The molecule has 1 aliphatic rings. The van der Waals surface area contributed by atoms with Crippen LogP contribution in [0, 0.1) is 0 Å². The van der Waals surface area contributed by atoms with Gasteiger partial charge in [-0.1, -0.05) is 66.8 Å². The second kappa shape index (κ2) is 7.84. The maximum Gasteiger partial charge on any atom is 0.0684 e. The van der Waals surface area contributed by atoms with Gasteiger partial charge in [0.2, 0.25) is 0 Å². The lowest BCUT2D eigenvalue weighted by molar-refractivity contribution is 0.152. The topological polar surface area (TPSA) is 40.5 Å². The van der Waals surface area contributed by atoms with Crippen LogP contribution in [-0.4, -0.2) is 21.2 Å². The largest absolute Gasteiger partial charge is 0.393 e. The molecule has 0 amide bonds. The lowest BCUT2D eigenvalue weighted by Crippen LogP contribution is -2.20. The summed E-state index contributed by atoms with van der Waals surface area (Å²) in [6.45, 7) is 0.0388. The zero-order valence-corrected chi connectivity index (χ0v) is 14.4. The Morgan fingerprint density at radius 1 is 0.958 bits per heavy atom. The van der Waals surface area contributed by atoms with Gasteiger partial charge in [0.15, 0.2) is 0 Å². The third-order valence-electron chi connectivity index (χ3n) is 4.69. The number of thiocarbonyl (C=S) groups is 1. The first kappa shape index (κ1) is 17.0. The van der Waals surface area contributed by atoms with Crippen molar-refractivity contribution in [2.75, 3.05) is 0 Å². The number of allylic oxidation sites excluding steroid dienone is 1. The molecular formula is C21H22O2S. The van der Waals surface area contributed by atoms with Crippen LogP contribution in [0.15, 0.2) is 54.6 Å². The van der Waals surface area contributed by atoms with Gasteiger partial charge in [0, 0.05) is 10.8 Å². The van der Waals surface area contributed by atoms with E-state index in [0.29, 0.717) is 12.8 Å². The molecule has 0 aromatic heterocycles. The molecule has 0 heterocycles. The number of rotatable bonds is 6. The summed E-state index contributed by atoms with van der Waals surface area (Å²) in [4.78, 5) is 0.892. The average molecular weight is 338 g/mol. The van der Waals surface area contributed by atoms with Crippen molar-refractivity contribution < 1.29 is 10.2 Å². The molecule has 0 aliphatic heterocycles. The summed E-state index contributed by atoms with van der Waals surface area (Å²) in [7, 11) is 0. The van der Waals surface area contributed by atoms with E-state index >= 15 is 0 Å². The molecule has 0 spiro atoms. The first-order valence-electron chi connectivity index (χ1n) is 8.35. The number of aryl methyl sites for hydroxylation is 1. The van der Waals surface area contributed by atoms with E-state index in [9.17, 15) is 10.2 Å². The van der Waals surface area contributed by atoms with Gasteiger partial charge < -0.3 is 10.2 Å². The lowest BCUT2D eigenvalue weighted by atomic mass is 9.82. The zero-order valence-electron chi connectivity index (χ0n) is 13.6. The second-order valence-electron chi connectivity index (χ2n) is 6.27. The number of benzene rings is 2. The molecule has 2 aromatic carbocycles. The molecule has 2 N–H and O–H groups in total. The number of fused-ring (bicyclic) bond motifs is 1. The maximum atomic E-state index is 10.5. The van der Waals surface area contributed by atoms with Gasteiger partial charge in [-0.25, -0.2) is 0 Å². The highest BCUT2D eigenvalue weighted by molar-refractivity contribution is 7.80. The van der Waals surface area contributed by atoms with Gasteiger partial charge in [0.1, 0.15) is 0 Å². The molecule has 3 rings (SSSR count). The fraction of sp³-hybridized carbons (Fsp3) is 0.286. The van der Waals surface area contributed by atoms with Crippen molar-refractivity contribution in [3.8, 4) is 0 Å². The van der Waals surface area contributed by atoms with E-state index in [2.05, 4.69) is 18.2 Å². The summed E-state index contributed by atoms with van der Waals surface area (Å²) >= 11 is 5.51. The summed E-state index contributed by atoms with van der Waals surface area (Å²) in [6, 6.07) is 16.1. The average Bonchev–Trinajstić information content (AvgIpc) is 2.62. The number of aliphatic hydroxyl groups is 2. The van der Waals surface area contributed by atoms with E-state index in [-0.39, 0.29) is 12.5 Å². The molecule has 1 aliphatic carbocycles. The first-order chi connectivity index (χ1) is 11.7. The van der Waals surface area contributed by atoms with Crippen LogP contribution in [0.4, 0.5) is 0 Å². The smallest absolute Gasteiger partial charge is 0.0684 e. The number of aliphatic hydroxyl groups excluding tert-OH is 2. The Bertz CT molecular complexity index is 751. The van der Waals surface area contributed by atoms with Gasteiger partial charge in [0.25, 0.3) is 0 Å². The lowest BCUT2D eigenvalue weighted by Gasteiger charge is -2.25. The molecule has 2 atom stereocenters. The van der Waals surface area contributed by atoms with Crippen LogP contribution in [0.1, 0.15) is 41.0 Å². The van der Waals surface area contributed by atoms with Crippen LogP contribution in [0.25, 0.3) is 6.08 Å². The Kier molecular flexibility index (Phi) is 5.56. The molecule has 24 heavy (non-hydrogen) atoms. The van der Waals surface area contributed by atoms with Gasteiger partial charge in [-0.3, -0.25) is 0 Å². The third kappa shape index (κ3) is 3.81. The molecule has 0 radical (unpaired) electrons. The molecule has 0 saturated carbocycles. The minimum Gasteiger partial charge on any atom is -0.393 e. The SMILES string of the molecule is OCc1ccccc1CCC(O)CC1C(=S)C=Cc2ccccc21. The third-order valence-corrected chi connectivity index (χ3v) is 5.11. The zero-order chi connectivity index (χ0) is 16.9. The Hall–Kier alpha value is -1.81. The Balaban J connectivity index is 1.65. The van der Waals surface area contributed by atoms with E-state index in [1.165, 1.54) is 11.1 Å². The van der Waals surface area contributed by atoms with Crippen LogP contribution < -0.4 is 0 Å². The minimum atomic E-state index is -0.417. The highest BCUT2D eigenvalue weighted by Gasteiger charge is 2.23. The van der Waals surface area contributed by atoms with E-state index in [4.69, 9.17) is 12.2 Å².